The van der Waals surface area contributed by atoms with Crippen molar-refractivity contribution in [3.8, 4) is 0 Å². The molecule has 0 spiro atoms. The Balaban J connectivity index is 2.08. The molecule has 0 atom stereocenters. The van der Waals surface area contributed by atoms with Crippen molar-refractivity contribution in [3.05, 3.63) is 77.9 Å². The van der Waals surface area contributed by atoms with Crippen molar-refractivity contribution in [3.63, 3.8) is 0 Å². The predicted octanol–water partition coefficient (Wildman–Crippen LogP) is 6.51. The molecule has 0 amide bonds. The molecule has 6 aromatic rings. The average Bonchev–Trinajstić information content (AvgIpc) is 2.65. The summed E-state index contributed by atoms with van der Waals surface area (Å²) in [7, 11) is 0. The molecule has 1 aliphatic carbocycles. The van der Waals surface area contributed by atoms with Crippen LogP contribution in [0.1, 0.15) is 11.1 Å². The molecule has 0 saturated heterocycles. The van der Waals surface area contributed by atoms with E-state index in [0.717, 1.165) is 0 Å². The number of benzene rings is 6. The molecule has 0 heteroatoms. The van der Waals surface area contributed by atoms with Gasteiger partial charge in [0.1, 0.15) is 0 Å². The first-order chi connectivity index (χ1) is 11.9. The molecule has 0 fully saturated rings. The molecule has 0 nitrogen and oxygen atoms in total. The van der Waals surface area contributed by atoms with Crippen LogP contribution in [0.4, 0.5) is 0 Å². The van der Waals surface area contributed by atoms with Crippen molar-refractivity contribution >= 4 is 59.9 Å². The molecule has 0 unspecified atom stereocenters. The third-order valence-corrected chi connectivity index (χ3v) is 5.80. The minimum atomic E-state index is 1.22. The summed E-state index contributed by atoms with van der Waals surface area (Å²) < 4.78 is 0. The zero-order chi connectivity index (χ0) is 15.4. The van der Waals surface area contributed by atoms with E-state index in [4.69, 9.17) is 0 Å². The quantitative estimate of drug-likeness (QED) is 0.170. The Hall–Kier alpha value is -3.21. The van der Waals surface area contributed by atoms with Crippen molar-refractivity contribution in [2.45, 2.75) is 0 Å². The third-order valence-electron chi connectivity index (χ3n) is 5.80. The summed E-state index contributed by atoms with van der Waals surface area (Å²) in [6, 6.07) is 22.5. The monoisotopic (exact) mass is 299 g/mol. The van der Waals surface area contributed by atoms with Gasteiger partial charge in [-0.1, -0.05) is 36.4 Å². The van der Waals surface area contributed by atoms with Gasteiger partial charge < -0.3 is 0 Å². The Labute approximate surface area is 138 Å². The van der Waals surface area contributed by atoms with Crippen LogP contribution in [-0.4, -0.2) is 0 Å². The van der Waals surface area contributed by atoms with Crippen molar-refractivity contribution in [1.29, 1.82) is 0 Å². The first-order valence-electron chi connectivity index (χ1n) is 8.38. The van der Waals surface area contributed by atoms with Crippen molar-refractivity contribution in [2.24, 2.45) is 0 Å². The van der Waals surface area contributed by atoms with Gasteiger partial charge in [-0.05, 0) is 34.4 Å². The van der Waals surface area contributed by atoms with E-state index >= 15 is 0 Å². The maximum atomic E-state index is 3.51. The van der Waals surface area contributed by atoms with Crippen LogP contribution in [0, 0.1) is 6.08 Å². The topological polar surface area (TPSA) is 0 Å². The summed E-state index contributed by atoms with van der Waals surface area (Å²) in [5, 5.41) is 13.8. The van der Waals surface area contributed by atoms with Crippen LogP contribution in [-0.2, 0) is 0 Å². The predicted molar refractivity (Wildman–Crippen MR) is 103 cm³/mol. The summed E-state index contributed by atoms with van der Waals surface area (Å²) in [5.41, 5.74) is 2.52. The SMILES string of the molecule is [C+]1=Cc2ccc3ccc4ccc5ccc6ccc1c1c2c3c4c5c61. The first kappa shape index (κ1) is 11.3. The summed E-state index contributed by atoms with van der Waals surface area (Å²) in [6.07, 6.45) is 5.66. The smallest absolute Gasteiger partial charge is 0.0537 e. The second-order valence-corrected chi connectivity index (χ2v) is 6.90. The lowest BCUT2D eigenvalue weighted by molar-refractivity contribution is 1.65. The lowest BCUT2D eigenvalue weighted by Gasteiger charge is -2.17. The van der Waals surface area contributed by atoms with E-state index in [-0.39, 0.29) is 0 Å². The zero-order valence-corrected chi connectivity index (χ0v) is 12.9. The van der Waals surface area contributed by atoms with E-state index in [1.54, 1.807) is 0 Å². The van der Waals surface area contributed by atoms with Gasteiger partial charge in [-0.2, -0.15) is 0 Å². The Morgan fingerprint density at radius 1 is 0.417 bits per heavy atom. The molecule has 0 saturated carbocycles. The normalized spacial score (nSPS) is 13.3. The van der Waals surface area contributed by atoms with Gasteiger partial charge in [0.25, 0.3) is 0 Å². The second-order valence-electron chi connectivity index (χ2n) is 6.90. The van der Waals surface area contributed by atoms with Gasteiger partial charge in [0, 0.05) is 39.1 Å². The lowest BCUT2D eigenvalue weighted by Crippen LogP contribution is -1.96. The van der Waals surface area contributed by atoms with Crippen LogP contribution in [0.2, 0.25) is 0 Å². The van der Waals surface area contributed by atoms with Gasteiger partial charge >= 0.3 is 0 Å². The van der Waals surface area contributed by atoms with Gasteiger partial charge in [0.15, 0.2) is 5.56 Å². The molecule has 7 rings (SSSR count). The fraction of sp³-hybridized carbons (Fsp3) is 0. The Kier molecular flexibility index (Phi) is 1.65. The Bertz CT molecular complexity index is 1360. The molecule has 0 aliphatic heterocycles. The molecular weight excluding hydrogens is 288 g/mol. The zero-order valence-electron chi connectivity index (χ0n) is 12.9. The van der Waals surface area contributed by atoms with Crippen molar-refractivity contribution in [1.82, 2.24) is 0 Å². The Morgan fingerprint density at radius 2 is 0.875 bits per heavy atom. The van der Waals surface area contributed by atoms with Gasteiger partial charge in [-0.25, -0.2) is 0 Å². The number of hydrogen-bond acceptors (Lipinski definition) is 0. The summed E-state index contributed by atoms with van der Waals surface area (Å²) in [6.45, 7) is 0. The van der Waals surface area contributed by atoms with E-state index in [0.29, 0.717) is 0 Å². The van der Waals surface area contributed by atoms with Gasteiger partial charge in [-0.15, -0.1) is 0 Å². The van der Waals surface area contributed by atoms with Crippen LogP contribution >= 0.6 is 0 Å². The maximum absolute atomic E-state index is 3.51. The molecule has 0 bridgehead atoms. The van der Waals surface area contributed by atoms with Crippen molar-refractivity contribution < 1.29 is 0 Å². The fourth-order valence-electron chi connectivity index (χ4n) is 4.81. The summed E-state index contributed by atoms with van der Waals surface area (Å²) in [5.74, 6) is 0. The minimum Gasteiger partial charge on any atom is -0.0537 e. The van der Waals surface area contributed by atoms with Crippen LogP contribution in [0.25, 0.3) is 59.9 Å². The first-order valence-corrected chi connectivity index (χ1v) is 8.38. The highest BCUT2D eigenvalue weighted by atomic mass is 14.2. The largest absolute Gasteiger partial charge is 0.156 e. The molecule has 6 aromatic carbocycles. The number of rotatable bonds is 0. The standard InChI is InChI=1S/C24H11/c1-2-14-5-6-16-9-11-18-12-10-17-8-7-15-4-3-13(1)19-20(14)22(16)24(18)23(17)21(15)19/h1-11H/q+1. The van der Waals surface area contributed by atoms with Crippen LogP contribution < -0.4 is 0 Å². The van der Waals surface area contributed by atoms with E-state index < -0.39 is 0 Å². The molecule has 106 valence electrons. The minimum absolute atomic E-state index is 1.22. The van der Waals surface area contributed by atoms with Crippen LogP contribution in [0.5, 0.6) is 0 Å². The Morgan fingerprint density at radius 3 is 1.50 bits per heavy atom. The third kappa shape index (κ3) is 1.06. The molecular formula is C24H11+. The van der Waals surface area contributed by atoms with Crippen LogP contribution in [0.15, 0.2) is 60.7 Å². The molecule has 24 heavy (non-hydrogen) atoms. The van der Waals surface area contributed by atoms with Crippen molar-refractivity contribution in [2.75, 3.05) is 0 Å². The van der Waals surface area contributed by atoms with Gasteiger partial charge in [0.05, 0.1) is 22.4 Å². The molecule has 1 aliphatic rings. The van der Waals surface area contributed by atoms with Crippen LogP contribution in [0.3, 0.4) is 0 Å². The summed E-state index contributed by atoms with van der Waals surface area (Å²) in [4.78, 5) is 0. The second kappa shape index (κ2) is 3.48. The van der Waals surface area contributed by atoms with E-state index in [2.05, 4.69) is 72.8 Å². The maximum Gasteiger partial charge on any atom is 0.156 e. The summed E-state index contributed by atoms with van der Waals surface area (Å²) >= 11 is 0. The molecule has 0 heterocycles. The van der Waals surface area contributed by atoms with E-state index in [9.17, 15) is 0 Å². The average molecular weight is 299 g/mol. The van der Waals surface area contributed by atoms with Gasteiger partial charge in [0.2, 0.25) is 0 Å². The fourth-order valence-corrected chi connectivity index (χ4v) is 4.81. The molecule has 0 aromatic heterocycles. The molecule has 0 radical (unpaired) electrons. The highest BCUT2D eigenvalue weighted by molar-refractivity contribution is 6.41. The molecule has 0 N–H and O–H groups in total. The highest BCUT2D eigenvalue weighted by Crippen LogP contribution is 2.48. The lowest BCUT2D eigenvalue weighted by atomic mass is 9.81. The van der Waals surface area contributed by atoms with E-state index in [1.807, 2.05) is 0 Å². The van der Waals surface area contributed by atoms with E-state index in [1.165, 1.54) is 65.0 Å². The van der Waals surface area contributed by atoms with Gasteiger partial charge in [-0.3, -0.25) is 0 Å². The highest BCUT2D eigenvalue weighted by Gasteiger charge is 2.26. The number of hydrogen-bond donors (Lipinski definition) is 0.